The van der Waals surface area contributed by atoms with Gasteiger partial charge in [0.2, 0.25) is 0 Å². The first-order valence-electron chi connectivity index (χ1n) is 5.51. The number of halogens is 1. The molecule has 0 saturated carbocycles. The largest absolute Gasteiger partial charge is 0.466 e. The maximum atomic E-state index is 12.0. The van der Waals surface area contributed by atoms with Gasteiger partial charge in [0.05, 0.1) is 23.2 Å². The van der Waals surface area contributed by atoms with Crippen LogP contribution < -0.4 is 0 Å². The van der Waals surface area contributed by atoms with Gasteiger partial charge in [0.15, 0.2) is 9.84 Å². The highest BCUT2D eigenvalue weighted by atomic mass is 35.5. The summed E-state index contributed by atoms with van der Waals surface area (Å²) in [6.45, 7) is 3.44. The molecular weight excluding hydrogens is 276 g/mol. The van der Waals surface area contributed by atoms with Crippen LogP contribution in [-0.4, -0.2) is 26.7 Å². The number of hydrogen-bond acceptors (Lipinski definition) is 4. The van der Waals surface area contributed by atoms with Gasteiger partial charge in [-0.2, -0.15) is 0 Å². The van der Waals surface area contributed by atoms with Gasteiger partial charge in [0.1, 0.15) is 0 Å². The Bertz CT molecular complexity index is 525. The van der Waals surface area contributed by atoms with Crippen LogP contribution >= 0.6 is 11.6 Å². The van der Waals surface area contributed by atoms with Crippen molar-refractivity contribution in [2.75, 3.05) is 12.4 Å². The van der Waals surface area contributed by atoms with Crippen molar-refractivity contribution >= 4 is 27.4 Å². The number of ether oxygens (including phenoxy) is 1. The lowest BCUT2D eigenvalue weighted by Gasteiger charge is -2.11. The quantitative estimate of drug-likeness (QED) is 0.781. The zero-order chi connectivity index (χ0) is 13.8. The molecule has 1 unspecified atom stereocenters. The van der Waals surface area contributed by atoms with E-state index in [1.54, 1.807) is 19.1 Å². The number of benzene rings is 1. The summed E-state index contributed by atoms with van der Waals surface area (Å²) in [5.41, 5.74) is 0. The molecule has 0 bridgehead atoms. The first kappa shape index (κ1) is 15.0. The molecule has 0 heterocycles. The molecule has 4 nitrogen and oxygen atoms in total. The molecule has 0 aromatic heterocycles. The summed E-state index contributed by atoms with van der Waals surface area (Å²) < 4.78 is 28.9. The maximum Gasteiger partial charge on any atom is 0.309 e. The molecule has 1 atom stereocenters. The molecule has 0 aliphatic carbocycles. The van der Waals surface area contributed by atoms with Crippen LogP contribution in [0.1, 0.15) is 13.8 Å². The smallest absolute Gasteiger partial charge is 0.309 e. The van der Waals surface area contributed by atoms with Crippen LogP contribution in [0, 0.1) is 5.92 Å². The van der Waals surface area contributed by atoms with E-state index in [2.05, 4.69) is 0 Å². The number of carbonyl (C=O) groups excluding carboxylic acids is 1. The molecule has 18 heavy (non-hydrogen) atoms. The Morgan fingerprint density at radius 1 is 1.44 bits per heavy atom. The average Bonchev–Trinajstić information content (AvgIpc) is 2.28. The standard InChI is InChI=1S/C12H15ClO4S/c1-3-17-12(14)9(2)8-18(15,16)11-6-4-5-10(13)7-11/h4-7,9H,3,8H2,1-2H3. The van der Waals surface area contributed by atoms with Crippen molar-refractivity contribution in [3.8, 4) is 0 Å². The summed E-state index contributed by atoms with van der Waals surface area (Å²) in [5.74, 6) is -1.50. The van der Waals surface area contributed by atoms with Gasteiger partial charge in [0, 0.05) is 5.02 Å². The monoisotopic (exact) mass is 290 g/mol. The molecular formula is C12H15ClO4S. The van der Waals surface area contributed by atoms with Crippen molar-refractivity contribution in [2.45, 2.75) is 18.7 Å². The van der Waals surface area contributed by atoms with Crippen molar-refractivity contribution in [3.05, 3.63) is 29.3 Å². The zero-order valence-electron chi connectivity index (χ0n) is 10.2. The Hall–Kier alpha value is -1.07. The Morgan fingerprint density at radius 3 is 2.67 bits per heavy atom. The van der Waals surface area contributed by atoms with Gasteiger partial charge in [-0.25, -0.2) is 8.42 Å². The summed E-state index contributed by atoms with van der Waals surface area (Å²) in [6.07, 6.45) is 0. The average molecular weight is 291 g/mol. The Kier molecular flexibility index (Phi) is 5.16. The summed E-state index contributed by atoms with van der Waals surface area (Å²) in [7, 11) is -3.53. The summed E-state index contributed by atoms with van der Waals surface area (Å²) in [4.78, 5) is 11.5. The third kappa shape index (κ3) is 3.99. The second-order valence-corrected chi connectivity index (χ2v) is 6.36. The Morgan fingerprint density at radius 2 is 2.11 bits per heavy atom. The second-order valence-electron chi connectivity index (χ2n) is 3.89. The van der Waals surface area contributed by atoms with Gasteiger partial charge in [-0.3, -0.25) is 4.79 Å². The number of carbonyl (C=O) groups is 1. The van der Waals surface area contributed by atoms with Crippen LogP contribution in [0.25, 0.3) is 0 Å². The van der Waals surface area contributed by atoms with Crippen molar-refractivity contribution in [3.63, 3.8) is 0 Å². The predicted octanol–water partition coefficient (Wildman–Crippen LogP) is 2.31. The van der Waals surface area contributed by atoms with Crippen molar-refractivity contribution in [2.24, 2.45) is 5.92 Å². The summed E-state index contributed by atoms with van der Waals surface area (Å²) in [5, 5.41) is 0.347. The fourth-order valence-electron chi connectivity index (χ4n) is 1.44. The molecule has 0 N–H and O–H groups in total. The van der Waals surface area contributed by atoms with E-state index in [9.17, 15) is 13.2 Å². The van der Waals surface area contributed by atoms with Gasteiger partial charge < -0.3 is 4.74 Å². The maximum absolute atomic E-state index is 12.0. The fourth-order valence-corrected chi connectivity index (χ4v) is 3.27. The lowest BCUT2D eigenvalue weighted by Crippen LogP contribution is -2.23. The SMILES string of the molecule is CCOC(=O)C(C)CS(=O)(=O)c1cccc(Cl)c1. The third-order valence-electron chi connectivity index (χ3n) is 2.31. The van der Waals surface area contributed by atoms with E-state index in [1.807, 2.05) is 0 Å². The zero-order valence-corrected chi connectivity index (χ0v) is 11.8. The molecule has 1 aromatic rings. The molecule has 1 rings (SSSR count). The van der Waals surface area contributed by atoms with Crippen molar-refractivity contribution in [1.29, 1.82) is 0 Å². The summed E-state index contributed by atoms with van der Waals surface area (Å²) >= 11 is 5.74. The van der Waals surface area contributed by atoms with Gasteiger partial charge in [0.25, 0.3) is 0 Å². The van der Waals surface area contributed by atoms with Crippen molar-refractivity contribution in [1.82, 2.24) is 0 Å². The van der Waals surface area contributed by atoms with Crippen LogP contribution in [0.2, 0.25) is 5.02 Å². The van der Waals surface area contributed by atoms with Crippen LogP contribution in [0.5, 0.6) is 0 Å². The Balaban J connectivity index is 2.86. The van der Waals surface area contributed by atoms with E-state index in [0.717, 1.165) is 0 Å². The van der Waals surface area contributed by atoms with E-state index in [0.29, 0.717) is 5.02 Å². The highest BCUT2D eigenvalue weighted by molar-refractivity contribution is 7.91. The van der Waals surface area contributed by atoms with E-state index in [1.165, 1.54) is 19.1 Å². The van der Waals surface area contributed by atoms with Crippen molar-refractivity contribution < 1.29 is 17.9 Å². The normalized spacial score (nSPS) is 13.1. The highest BCUT2D eigenvalue weighted by Gasteiger charge is 2.24. The minimum atomic E-state index is -3.53. The van der Waals surface area contributed by atoms with Crippen LogP contribution in [0.15, 0.2) is 29.2 Å². The van der Waals surface area contributed by atoms with Gasteiger partial charge in [-0.1, -0.05) is 24.6 Å². The molecule has 100 valence electrons. The number of esters is 1. The fraction of sp³-hybridized carbons (Fsp3) is 0.417. The molecule has 0 spiro atoms. The summed E-state index contributed by atoms with van der Waals surface area (Å²) in [6, 6.07) is 5.98. The van der Waals surface area contributed by atoms with E-state index in [-0.39, 0.29) is 17.3 Å². The molecule has 0 fully saturated rings. The third-order valence-corrected chi connectivity index (χ3v) is 4.46. The topological polar surface area (TPSA) is 60.4 Å². The molecule has 1 aromatic carbocycles. The molecule has 6 heteroatoms. The molecule has 0 saturated heterocycles. The van der Waals surface area contributed by atoms with Gasteiger partial charge in [-0.15, -0.1) is 0 Å². The van der Waals surface area contributed by atoms with Gasteiger partial charge in [-0.05, 0) is 25.1 Å². The lowest BCUT2D eigenvalue weighted by molar-refractivity contribution is -0.146. The minimum absolute atomic E-state index is 0.117. The molecule has 0 aliphatic heterocycles. The highest BCUT2D eigenvalue weighted by Crippen LogP contribution is 2.19. The lowest BCUT2D eigenvalue weighted by atomic mass is 10.2. The minimum Gasteiger partial charge on any atom is -0.466 e. The number of sulfone groups is 1. The number of hydrogen-bond donors (Lipinski definition) is 0. The van der Waals surface area contributed by atoms with E-state index >= 15 is 0 Å². The van der Waals surface area contributed by atoms with Crippen LogP contribution in [0.4, 0.5) is 0 Å². The van der Waals surface area contributed by atoms with Crippen LogP contribution in [-0.2, 0) is 19.4 Å². The van der Waals surface area contributed by atoms with E-state index < -0.39 is 21.7 Å². The van der Waals surface area contributed by atoms with Gasteiger partial charge >= 0.3 is 5.97 Å². The Labute approximate surface area is 112 Å². The van der Waals surface area contributed by atoms with Crippen LogP contribution in [0.3, 0.4) is 0 Å². The predicted molar refractivity (Wildman–Crippen MR) is 69.3 cm³/mol. The number of rotatable bonds is 5. The van der Waals surface area contributed by atoms with E-state index in [4.69, 9.17) is 16.3 Å². The first-order chi connectivity index (χ1) is 8.36. The second kappa shape index (κ2) is 6.20. The molecule has 0 aliphatic rings. The molecule has 0 amide bonds. The first-order valence-corrected chi connectivity index (χ1v) is 7.55. The molecule has 0 radical (unpaired) electrons.